The molecule has 0 aromatic rings. The normalized spacial score (nSPS) is 33.8. The topological polar surface area (TPSA) is 139 Å². The predicted molar refractivity (Wildman–Crippen MR) is 82.2 cm³/mol. The number of hydrogen-bond donors (Lipinski definition) is 0. The van der Waals surface area contributed by atoms with E-state index in [4.69, 9.17) is 9.47 Å². The van der Waals surface area contributed by atoms with Crippen LogP contribution in [-0.2, 0) is 47.7 Å². The lowest BCUT2D eigenvalue weighted by molar-refractivity contribution is -0.176. The molecular weight excluding hydrogens is 380 g/mol. The summed E-state index contributed by atoms with van der Waals surface area (Å²) in [7, 11) is -7.60. The van der Waals surface area contributed by atoms with Crippen LogP contribution in [0.25, 0.3) is 0 Å². The van der Waals surface area contributed by atoms with Crippen molar-refractivity contribution in [3.05, 3.63) is 0 Å². The van der Waals surface area contributed by atoms with Crippen LogP contribution < -0.4 is 0 Å². The number of carbonyl (C=O) groups is 2. The summed E-state index contributed by atoms with van der Waals surface area (Å²) in [6.45, 7) is 4.48. The monoisotopic (exact) mass is 400 g/mol. The summed E-state index contributed by atoms with van der Waals surface area (Å²) in [4.78, 5) is 24.6. The molecule has 2 aliphatic heterocycles. The molecule has 2 fully saturated rings. The SMILES string of the molecule is CC1C(OC(=O)C(C)(C)C(=O)OC2COS(=O)(=O)C2C)COS1(=O)=O. The lowest BCUT2D eigenvalue weighted by Gasteiger charge is -2.25. The summed E-state index contributed by atoms with van der Waals surface area (Å²) >= 11 is 0. The molecule has 0 aromatic heterocycles. The van der Waals surface area contributed by atoms with Crippen molar-refractivity contribution in [2.24, 2.45) is 5.41 Å². The van der Waals surface area contributed by atoms with Crippen LogP contribution in [0.15, 0.2) is 0 Å². The third-order valence-electron chi connectivity index (χ3n) is 4.29. The van der Waals surface area contributed by atoms with Crippen molar-refractivity contribution in [3.8, 4) is 0 Å². The van der Waals surface area contributed by atoms with E-state index in [2.05, 4.69) is 8.37 Å². The molecule has 10 nitrogen and oxygen atoms in total. The maximum Gasteiger partial charge on any atom is 0.323 e. The summed E-state index contributed by atoms with van der Waals surface area (Å²) in [6, 6.07) is 0. The predicted octanol–water partition coefficient (Wildman–Crippen LogP) is -0.667. The fourth-order valence-corrected chi connectivity index (χ4v) is 4.18. The molecule has 12 heteroatoms. The molecule has 0 spiro atoms. The number of esters is 2. The molecule has 0 bridgehead atoms. The van der Waals surface area contributed by atoms with E-state index in [0.717, 1.165) is 0 Å². The molecule has 2 heterocycles. The van der Waals surface area contributed by atoms with E-state index < -0.39 is 60.3 Å². The van der Waals surface area contributed by atoms with Gasteiger partial charge in [0.15, 0.2) is 5.41 Å². The quantitative estimate of drug-likeness (QED) is 0.339. The van der Waals surface area contributed by atoms with E-state index in [-0.39, 0.29) is 13.2 Å². The summed E-state index contributed by atoms with van der Waals surface area (Å²) in [6.07, 6.45) is -2.09. The molecule has 25 heavy (non-hydrogen) atoms. The lowest BCUT2D eigenvalue weighted by atomic mass is 9.93. The van der Waals surface area contributed by atoms with Gasteiger partial charge in [-0.25, -0.2) is 0 Å². The molecule has 0 radical (unpaired) electrons. The van der Waals surface area contributed by atoms with Gasteiger partial charge < -0.3 is 9.47 Å². The zero-order valence-corrected chi connectivity index (χ0v) is 15.8. The number of hydrogen-bond acceptors (Lipinski definition) is 10. The Bertz CT molecular complexity index is 703. The molecule has 0 N–H and O–H groups in total. The third kappa shape index (κ3) is 3.81. The van der Waals surface area contributed by atoms with Crippen LogP contribution >= 0.6 is 0 Å². The van der Waals surface area contributed by atoms with Gasteiger partial charge in [0.25, 0.3) is 20.2 Å². The van der Waals surface area contributed by atoms with Gasteiger partial charge in [0.05, 0.1) is 0 Å². The van der Waals surface area contributed by atoms with Gasteiger partial charge >= 0.3 is 11.9 Å². The first-order chi connectivity index (χ1) is 11.3. The van der Waals surface area contributed by atoms with Crippen molar-refractivity contribution in [2.75, 3.05) is 13.2 Å². The maximum absolute atomic E-state index is 12.3. The largest absolute Gasteiger partial charge is 0.458 e. The van der Waals surface area contributed by atoms with E-state index in [1.165, 1.54) is 27.7 Å². The summed E-state index contributed by atoms with van der Waals surface area (Å²) in [5.41, 5.74) is -1.77. The molecule has 2 rings (SSSR count). The fraction of sp³-hybridized carbons (Fsp3) is 0.846. The van der Waals surface area contributed by atoms with Crippen molar-refractivity contribution in [3.63, 3.8) is 0 Å². The first-order valence-corrected chi connectivity index (χ1v) is 10.4. The van der Waals surface area contributed by atoms with Crippen LogP contribution in [0.2, 0.25) is 0 Å². The van der Waals surface area contributed by atoms with E-state index in [1.807, 2.05) is 0 Å². The molecule has 0 aromatic carbocycles. The molecule has 4 unspecified atom stereocenters. The highest BCUT2D eigenvalue weighted by Crippen LogP contribution is 2.28. The maximum atomic E-state index is 12.3. The average molecular weight is 400 g/mol. The first kappa shape index (κ1) is 20.1. The fourth-order valence-electron chi connectivity index (χ4n) is 2.09. The van der Waals surface area contributed by atoms with E-state index >= 15 is 0 Å². The minimum absolute atomic E-state index is 0.327. The Morgan fingerprint density at radius 2 is 1.16 bits per heavy atom. The minimum Gasteiger partial charge on any atom is -0.458 e. The van der Waals surface area contributed by atoms with Crippen molar-refractivity contribution in [1.82, 2.24) is 0 Å². The Labute approximate surface area is 146 Å². The van der Waals surface area contributed by atoms with Gasteiger partial charge in [-0.2, -0.15) is 16.8 Å². The van der Waals surface area contributed by atoms with Crippen LogP contribution in [0.3, 0.4) is 0 Å². The van der Waals surface area contributed by atoms with E-state index in [9.17, 15) is 26.4 Å². The van der Waals surface area contributed by atoms with Crippen LogP contribution in [0.5, 0.6) is 0 Å². The zero-order chi connectivity index (χ0) is 19.2. The Morgan fingerprint density at radius 3 is 1.40 bits per heavy atom. The Kier molecular flexibility index (Phi) is 5.21. The second-order valence-corrected chi connectivity index (χ2v) is 10.4. The molecule has 144 valence electrons. The first-order valence-electron chi connectivity index (χ1n) is 7.47. The van der Waals surface area contributed by atoms with Crippen molar-refractivity contribution in [1.29, 1.82) is 0 Å². The third-order valence-corrected chi connectivity index (χ3v) is 7.65. The van der Waals surface area contributed by atoms with Gasteiger partial charge in [-0.05, 0) is 27.7 Å². The molecule has 4 atom stereocenters. The van der Waals surface area contributed by atoms with E-state index in [0.29, 0.717) is 0 Å². The molecule has 2 saturated heterocycles. The highest BCUT2D eigenvalue weighted by Gasteiger charge is 2.48. The molecule has 2 aliphatic rings. The highest BCUT2D eigenvalue weighted by molar-refractivity contribution is 7.87. The highest BCUT2D eigenvalue weighted by atomic mass is 32.2. The van der Waals surface area contributed by atoms with E-state index in [1.54, 1.807) is 0 Å². The van der Waals surface area contributed by atoms with Gasteiger partial charge in [-0.15, -0.1) is 0 Å². The molecule has 0 saturated carbocycles. The number of ether oxygens (including phenoxy) is 2. The zero-order valence-electron chi connectivity index (χ0n) is 14.1. The second-order valence-electron chi connectivity index (χ2n) is 6.48. The van der Waals surface area contributed by atoms with Crippen LogP contribution in [0.1, 0.15) is 27.7 Å². The van der Waals surface area contributed by atoms with Crippen molar-refractivity contribution < 1.29 is 44.3 Å². The Balaban J connectivity index is 2.02. The van der Waals surface area contributed by atoms with Gasteiger partial charge in [-0.3, -0.25) is 18.0 Å². The number of rotatable bonds is 4. The second kappa shape index (κ2) is 6.49. The van der Waals surface area contributed by atoms with Gasteiger partial charge in [-0.1, -0.05) is 0 Å². The molecular formula is C13H20O10S2. The lowest BCUT2D eigenvalue weighted by Crippen LogP contribution is -2.43. The van der Waals surface area contributed by atoms with Crippen molar-refractivity contribution in [2.45, 2.75) is 50.4 Å². The van der Waals surface area contributed by atoms with Crippen LogP contribution in [-0.4, -0.2) is 64.7 Å². The Hall–Kier alpha value is -1.24. The van der Waals surface area contributed by atoms with Crippen molar-refractivity contribution >= 4 is 32.2 Å². The summed E-state index contributed by atoms with van der Waals surface area (Å²) in [5.74, 6) is -1.99. The summed E-state index contributed by atoms with van der Waals surface area (Å²) < 4.78 is 65.3. The van der Waals surface area contributed by atoms with Gasteiger partial charge in [0.1, 0.15) is 35.9 Å². The van der Waals surface area contributed by atoms with Crippen LogP contribution in [0, 0.1) is 5.41 Å². The smallest absolute Gasteiger partial charge is 0.323 e. The number of carbonyl (C=O) groups excluding carboxylic acids is 2. The average Bonchev–Trinajstić information content (AvgIpc) is 2.91. The Morgan fingerprint density at radius 1 is 0.840 bits per heavy atom. The van der Waals surface area contributed by atoms with Crippen LogP contribution in [0.4, 0.5) is 0 Å². The molecule has 0 amide bonds. The van der Waals surface area contributed by atoms with Gasteiger partial charge in [0.2, 0.25) is 0 Å². The standard InChI is InChI=1S/C13H20O10S2/c1-7-9(5-20-24(7,16)17)22-11(14)13(3,4)12(15)23-10-6-21-25(18,19)8(10)2/h7-10H,5-6H2,1-4H3. The minimum atomic E-state index is -3.80. The van der Waals surface area contributed by atoms with Gasteiger partial charge in [0, 0.05) is 0 Å². The summed E-state index contributed by atoms with van der Waals surface area (Å²) in [5, 5.41) is -2.12. The molecule has 0 aliphatic carbocycles.